The van der Waals surface area contributed by atoms with Crippen LogP contribution in [0.15, 0.2) is 40.5 Å². The number of thiophene rings is 1. The second kappa shape index (κ2) is 8.39. The summed E-state index contributed by atoms with van der Waals surface area (Å²) in [5.41, 5.74) is 4.29. The van der Waals surface area contributed by atoms with Crippen LogP contribution in [0.25, 0.3) is 10.2 Å². The minimum absolute atomic E-state index is 0.158. The number of aromatic nitrogens is 2. The summed E-state index contributed by atoms with van der Waals surface area (Å²) in [5, 5.41) is 4.68. The fourth-order valence-corrected chi connectivity index (χ4v) is 5.04. The molecule has 8 heteroatoms. The number of amides is 1. The Morgan fingerprint density at radius 2 is 2.17 bits per heavy atom. The smallest absolute Gasteiger partial charge is 0.263 e. The van der Waals surface area contributed by atoms with Crippen LogP contribution in [0.1, 0.15) is 42.3 Å². The molecule has 0 saturated heterocycles. The lowest BCUT2D eigenvalue weighted by Crippen LogP contribution is -2.34. The molecule has 0 saturated carbocycles. The number of carbonyl (C=O) groups is 1. The monoisotopic (exact) mass is 424 g/mol. The summed E-state index contributed by atoms with van der Waals surface area (Å²) in [4.78, 5) is 32.2. The minimum Gasteiger partial charge on any atom is -0.497 e. The zero-order valence-corrected chi connectivity index (χ0v) is 18.0. The van der Waals surface area contributed by atoms with E-state index in [4.69, 9.17) is 4.74 Å². The van der Waals surface area contributed by atoms with Crippen molar-refractivity contribution in [3.8, 4) is 5.75 Å². The highest BCUT2D eigenvalue weighted by Crippen LogP contribution is 2.35. The molecule has 1 aliphatic carbocycles. The molecule has 1 N–H and O–H groups in total. The summed E-state index contributed by atoms with van der Waals surface area (Å²) in [6, 6.07) is 6.57. The van der Waals surface area contributed by atoms with Crippen LogP contribution in [0, 0.1) is 5.92 Å². The fraction of sp³-hybridized carbons (Fsp3) is 0.364. The zero-order chi connectivity index (χ0) is 21.3. The Morgan fingerprint density at radius 3 is 2.90 bits per heavy atom. The molecule has 0 fully saturated rings. The minimum atomic E-state index is -0.722. The van der Waals surface area contributed by atoms with Gasteiger partial charge in [-0.25, -0.2) is 10.4 Å². The number of ether oxygens (including phenoxy) is 1. The molecule has 156 valence electrons. The molecular formula is C22H24N4O3S. The molecule has 2 aromatic heterocycles. The van der Waals surface area contributed by atoms with E-state index < -0.39 is 6.04 Å². The van der Waals surface area contributed by atoms with Gasteiger partial charge in [0.1, 0.15) is 16.6 Å². The van der Waals surface area contributed by atoms with Crippen molar-refractivity contribution in [2.24, 2.45) is 11.0 Å². The van der Waals surface area contributed by atoms with E-state index in [9.17, 15) is 9.59 Å². The largest absolute Gasteiger partial charge is 0.497 e. The first-order chi connectivity index (χ1) is 14.5. The maximum absolute atomic E-state index is 13.1. The average molecular weight is 425 g/mol. The number of methoxy groups -OCH3 is 1. The Balaban J connectivity index is 1.52. The van der Waals surface area contributed by atoms with Gasteiger partial charge in [0.15, 0.2) is 0 Å². The highest BCUT2D eigenvalue weighted by molar-refractivity contribution is 7.18. The van der Waals surface area contributed by atoms with Crippen LogP contribution in [0.5, 0.6) is 5.75 Å². The van der Waals surface area contributed by atoms with Crippen LogP contribution < -0.4 is 15.7 Å². The Morgan fingerprint density at radius 1 is 1.40 bits per heavy atom. The second-order valence-electron chi connectivity index (χ2n) is 7.67. The van der Waals surface area contributed by atoms with Gasteiger partial charge in [0.05, 0.1) is 25.0 Å². The topological polar surface area (TPSA) is 85.6 Å². The number of carbonyl (C=O) groups excluding carboxylic acids is 1. The lowest BCUT2D eigenvalue weighted by atomic mass is 9.89. The lowest BCUT2D eigenvalue weighted by Gasteiger charge is -2.18. The summed E-state index contributed by atoms with van der Waals surface area (Å²) < 4.78 is 6.51. The van der Waals surface area contributed by atoms with E-state index in [0.717, 1.165) is 41.0 Å². The number of hydrazone groups is 1. The molecule has 0 spiro atoms. The molecule has 4 rings (SSSR count). The van der Waals surface area contributed by atoms with E-state index in [-0.39, 0.29) is 11.5 Å². The number of hydrogen-bond acceptors (Lipinski definition) is 6. The number of nitrogens with zero attached hydrogens (tertiary/aromatic N) is 3. The van der Waals surface area contributed by atoms with Crippen LogP contribution in [0.4, 0.5) is 0 Å². The molecular weight excluding hydrogens is 400 g/mol. The van der Waals surface area contributed by atoms with E-state index in [2.05, 4.69) is 22.4 Å². The SMILES string of the molecule is COc1ccc(/C=N\NC(=O)[C@H](C)n2cnc3sc4c(c3c2=O)CC[C@@H](C)C4)cc1. The molecule has 2 atom stereocenters. The van der Waals surface area contributed by atoms with Gasteiger partial charge >= 0.3 is 0 Å². The van der Waals surface area contributed by atoms with Crippen LogP contribution in [-0.4, -0.2) is 28.8 Å². The van der Waals surface area contributed by atoms with Crippen molar-refractivity contribution in [2.75, 3.05) is 7.11 Å². The lowest BCUT2D eigenvalue weighted by molar-refractivity contribution is -0.123. The van der Waals surface area contributed by atoms with Gasteiger partial charge in [0, 0.05) is 4.88 Å². The van der Waals surface area contributed by atoms with Gasteiger partial charge in [-0.1, -0.05) is 6.92 Å². The van der Waals surface area contributed by atoms with E-state index in [0.29, 0.717) is 11.3 Å². The van der Waals surface area contributed by atoms with Gasteiger partial charge in [-0.3, -0.25) is 14.2 Å². The van der Waals surface area contributed by atoms with Crippen molar-refractivity contribution < 1.29 is 9.53 Å². The first-order valence-electron chi connectivity index (χ1n) is 9.96. The molecule has 2 heterocycles. The van der Waals surface area contributed by atoms with Crippen LogP contribution in [-0.2, 0) is 17.6 Å². The third kappa shape index (κ3) is 3.87. The van der Waals surface area contributed by atoms with Gasteiger partial charge in [0.2, 0.25) is 0 Å². The highest BCUT2D eigenvalue weighted by atomic mass is 32.1. The Kier molecular flexibility index (Phi) is 5.67. The van der Waals surface area contributed by atoms with Gasteiger partial charge < -0.3 is 4.74 Å². The molecule has 0 unspecified atom stereocenters. The number of rotatable bonds is 5. The number of benzene rings is 1. The van der Waals surface area contributed by atoms with Crippen molar-refractivity contribution in [1.82, 2.24) is 15.0 Å². The maximum atomic E-state index is 13.1. The average Bonchev–Trinajstić information content (AvgIpc) is 3.12. The van der Waals surface area contributed by atoms with E-state index in [1.807, 2.05) is 24.3 Å². The third-order valence-corrected chi connectivity index (χ3v) is 6.70. The summed E-state index contributed by atoms with van der Waals surface area (Å²) >= 11 is 1.60. The molecule has 30 heavy (non-hydrogen) atoms. The third-order valence-electron chi connectivity index (χ3n) is 5.54. The molecule has 0 aliphatic heterocycles. The quantitative estimate of drug-likeness (QED) is 0.503. The van der Waals surface area contributed by atoms with Gasteiger partial charge in [0.25, 0.3) is 11.5 Å². The van der Waals surface area contributed by atoms with Crippen molar-refractivity contribution >= 4 is 33.7 Å². The summed E-state index contributed by atoms with van der Waals surface area (Å²) in [6.07, 6.45) is 5.97. The molecule has 1 aliphatic rings. The van der Waals surface area contributed by atoms with E-state index >= 15 is 0 Å². The first-order valence-corrected chi connectivity index (χ1v) is 10.8. The molecule has 1 amide bonds. The highest BCUT2D eigenvalue weighted by Gasteiger charge is 2.25. The molecule has 0 bridgehead atoms. The standard InChI is InChI=1S/C22H24N4O3S/c1-13-4-9-17-18(10-13)30-21-19(17)22(28)26(12-23-21)14(2)20(27)25-24-11-15-5-7-16(29-3)8-6-15/h5-8,11-14H,4,9-10H2,1-3H3,(H,25,27)/b24-11-/t13-,14+/m1/s1. The zero-order valence-electron chi connectivity index (χ0n) is 17.2. The molecule has 3 aromatic rings. The summed E-state index contributed by atoms with van der Waals surface area (Å²) in [7, 11) is 1.60. The Bertz CT molecular complexity index is 1160. The van der Waals surface area contributed by atoms with E-state index in [1.54, 1.807) is 31.6 Å². The van der Waals surface area contributed by atoms with Gasteiger partial charge in [-0.2, -0.15) is 5.10 Å². The first kappa shape index (κ1) is 20.3. The molecule has 1 aromatic carbocycles. The number of hydrogen-bond donors (Lipinski definition) is 1. The van der Waals surface area contributed by atoms with Crippen LogP contribution in [0.2, 0.25) is 0 Å². The Hall–Kier alpha value is -3.00. The van der Waals surface area contributed by atoms with Crippen LogP contribution >= 0.6 is 11.3 Å². The van der Waals surface area contributed by atoms with Crippen molar-refractivity contribution in [3.05, 3.63) is 57.0 Å². The normalized spacial score (nSPS) is 17.1. The molecule has 0 radical (unpaired) electrons. The second-order valence-corrected chi connectivity index (χ2v) is 8.76. The summed E-state index contributed by atoms with van der Waals surface area (Å²) in [5.74, 6) is 0.999. The number of nitrogens with one attached hydrogen (secondary N) is 1. The van der Waals surface area contributed by atoms with Crippen molar-refractivity contribution in [2.45, 2.75) is 39.2 Å². The van der Waals surface area contributed by atoms with E-state index in [1.165, 1.54) is 15.8 Å². The predicted octanol–water partition coefficient (Wildman–Crippen LogP) is 3.30. The molecule has 7 nitrogen and oxygen atoms in total. The van der Waals surface area contributed by atoms with Gasteiger partial charge in [-0.05, 0) is 67.5 Å². The maximum Gasteiger partial charge on any atom is 0.263 e. The van der Waals surface area contributed by atoms with Gasteiger partial charge in [-0.15, -0.1) is 11.3 Å². The number of aryl methyl sites for hydroxylation is 1. The fourth-order valence-electron chi connectivity index (χ4n) is 3.70. The van der Waals surface area contributed by atoms with Crippen molar-refractivity contribution in [1.29, 1.82) is 0 Å². The predicted molar refractivity (Wildman–Crippen MR) is 119 cm³/mol. The van der Waals surface area contributed by atoms with Crippen molar-refractivity contribution in [3.63, 3.8) is 0 Å². The number of fused-ring (bicyclic) bond motifs is 3. The summed E-state index contributed by atoms with van der Waals surface area (Å²) in [6.45, 7) is 3.91. The van der Waals surface area contributed by atoms with Crippen LogP contribution in [0.3, 0.4) is 0 Å². The Labute approximate surface area is 178 Å².